The first kappa shape index (κ1) is 27.0. The topological polar surface area (TPSA) is 55.8 Å². The Morgan fingerprint density at radius 2 is 1.46 bits per heavy atom. The third-order valence-corrected chi connectivity index (χ3v) is 8.36. The highest BCUT2D eigenvalue weighted by atomic mass is 19.1. The number of hydrogen-bond acceptors (Lipinski definition) is 5. The third-order valence-electron chi connectivity index (χ3n) is 8.36. The van der Waals surface area contributed by atoms with Crippen molar-refractivity contribution in [3.8, 4) is 11.5 Å². The van der Waals surface area contributed by atoms with E-state index >= 15 is 0 Å². The number of allylic oxidation sites excluding steroid dienone is 4. The second-order valence-corrected chi connectivity index (χ2v) is 10.9. The number of ether oxygens (including phenoxy) is 2. The Hall–Kier alpha value is -4.19. The zero-order valence-electron chi connectivity index (χ0n) is 23.3. The molecule has 0 atom stereocenters. The molecule has 1 heterocycles. The summed E-state index contributed by atoms with van der Waals surface area (Å²) < 4.78 is 25.4. The van der Waals surface area contributed by atoms with Crippen LogP contribution in [0.4, 0.5) is 4.39 Å². The Morgan fingerprint density at radius 3 is 2.12 bits per heavy atom. The number of rotatable bonds is 8. The number of ketones is 2. The normalized spacial score (nSPS) is 17.5. The average molecular weight is 552 g/mol. The number of carbonyl (C=O) groups is 2. The molecule has 1 aliphatic heterocycles. The van der Waals surface area contributed by atoms with E-state index in [1.54, 1.807) is 19.2 Å². The summed E-state index contributed by atoms with van der Waals surface area (Å²) in [5.41, 5.74) is 6.46. The van der Waals surface area contributed by atoms with Crippen LogP contribution in [0, 0.1) is 5.82 Å². The van der Waals surface area contributed by atoms with Gasteiger partial charge < -0.3 is 14.4 Å². The maximum atomic E-state index is 13.6. The average Bonchev–Trinajstić information content (AvgIpc) is 2.99. The molecule has 0 spiro atoms. The second kappa shape index (κ2) is 11.7. The van der Waals surface area contributed by atoms with Gasteiger partial charge in [-0.2, -0.15) is 0 Å². The molecule has 0 fully saturated rings. The zero-order valence-corrected chi connectivity index (χ0v) is 23.3. The van der Waals surface area contributed by atoms with Gasteiger partial charge in [-0.25, -0.2) is 4.39 Å². The van der Waals surface area contributed by atoms with Gasteiger partial charge in [0.25, 0.3) is 0 Å². The molecule has 0 unspecified atom stereocenters. The van der Waals surface area contributed by atoms with Crippen molar-refractivity contribution < 1.29 is 23.5 Å². The molecule has 0 bridgehead atoms. The second-order valence-electron chi connectivity index (χ2n) is 10.9. The van der Waals surface area contributed by atoms with Gasteiger partial charge in [0.05, 0.1) is 7.11 Å². The Bertz CT molecular complexity index is 1500. The van der Waals surface area contributed by atoms with E-state index in [0.717, 1.165) is 66.8 Å². The number of hydrogen-bond donors (Lipinski definition) is 0. The number of methoxy groups -OCH3 is 1. The van der Waals surface area contributed by atoms with Crippen molar-refractivity contribution in [2.24, 2.45) is 0 Å². The highest BCUT2D eigenvalue weighted by molar-refractivity contribution is 6.06. The molecule has 0 radical (unpaired) electrons. The fourth-order valence-corrected chi connectivity index (χ4v) is 6.48. The highest BCUT2D eigenvalue weighted by Gasteiger charge is 2.43. The lowest BCUT2D eigenvalue weighted by Crippen LogP contribution is -2.39. The maximum Gasteiger partial charge on any atom is 0.161 e. The Labute approximate surface area is 240 Å². The Morgan fingerprint density at radius 1 is 0.780 bits per heavy atom. The van der Waals surface area contributed by atoms with Gasteiger partial charge >= 0.3 is 0 Å². The van der Waals surface area contributed by atoms with E-state index in [-0.39, 0.29) is 24.0 Å². The molecule has 0 saturated heterocycles. The van der Waals surface area contributed by atoms with Crippen LogP contribution in [-0.2, 0) is 22.6 Å². The number of Topliss-reactive ketones (excluding diaryl/α,β-unsaturated/α-hetero) is 2. The summed E-state index contributed by atoms with van der Waals surface area (Å²) in [4.78, 5) is 29.5. The SMILES string of the molecule is COc1cc(C2C3=C(CCCC3=O)N(CCc3ccccc3)C3=C2C(=O)CCC3)ccc1OCc1cccc(F)c1. The smallest absolute Gasteiger partial charge is 0.161 e. The van der Waals surface area contributed by atoms with E-state index in [2.05, 4.69) is 17.0 Å². The highest BCUT2D eigenvalue weighted by Crippen LogP contribution is 2.50. The van der Waals surface area contributed by atoms with Crippen LogP contribution in [0.15, 0.2) is 95.3 Å². The molecule has 6 heteroatoms. The first-order valence-corrected chi connectivity index (χ1v) is 14.4. The first-order chi connectivity index (χ1) is 20.0. The summed E-state index contributed by atoms with van der Waals surface area (Å²) in [5.74, 6) is 0.550. The summed E-state index contributed by atoms with van der Waals surface area (Å²) >= 11 is 0. The van der Waals surface area contributed by atoms with E-state index in [1.807, 2.05) is 36.4 Å². The summed E-state index contributed by atoms with van der Waals surface area (Å²) in [6.45, 7) is 0.931. The summed E-state index contributed by atoms with van der Waals surface area (Å²) in [7, 11) is 1.58. The molecule has 3 aromatic carbocycles. The predicted molar refractivity (Wildman–Crippen MR) is 155 cm³/mol. The Kier molecular flexibility index (Phi) is 7.73. The lowest BCUT2D eigenvalue weighted by molar-refractivity contribution is -0.117. The molecular weight excluding hydrogens is 517 g/mol. The number of nitrogens with zero attached hydrogens (tertiary/aromatic N) is 1. The molecule has 2 aliphatic carbocycles. The van der Waals surface area contributed by atoms with Crippen LogP contribution in [0.2, 0.25) is 0 Å². The fourth-order valence-electron chi connectivity index (χ4n) is 6.48. The quantitative estimate of drug-likeness (QED) is 0.300. The molecule has 0 aromatic heterocycles. The van der Waals surface area contributed by atoms with Crippen LogP contribution >= 0.6 is 0 Å². The van der Waals surface area contributed by atoms with Crippen molar-refractivity contribution in [2.45, 2.75) is 57.5 Å². The van der Waals surface area contributed by atoms with E-state index in [9.17, 15) is 14.0 Å². The minimum Gasteiger partial charge on any atom is -0.493 e. The molecule has 5 nitrogen and oxygen atoms in total. The van der Waals surface area contributed by atoms with E-state index in [4.69, 9.17) is 9.47 Å². The number of halogens is 1. The number of benzene rings is 3. The third kappa shape index (κ3) is 5.43. The van der Waals surface area contributed by atoms with Crippen LogP contribution in [0.3, 0.4) is 0 Å². The van der Waals surface area contributed by atoms with Crippen LogP contribution in [0.25, 0.3) is 0 Å². The van der Waals surface area contributed by atoms with E-state index in [1.165, 1.54) is 17.7 Å². The monoisotopic (exact) mass is 551 g/mol. The molecular formula is C35H34FNO4. The molecule has 6 rings (SSSR count). The van der Waals surface area contributed by atoms with Gasteiger partial charge in [-0.05, 0) is 73.1 Å². The van der Waals surface area contributed by atoms with Gasteiger partial charge in [0.15, 0.2) is 23.1 Å². The molecule has 41 heavy (non-hydrogen) atoms. The minimum atomic E-state index is -0.417. The van der Waals surface area contributed by atoms with Crippen LogP contribution in [0.1, 0.15) is 61.1 Å². The predicted octanol–water partition coefficient (Wildman–Crippen LogP) is 7.07. The van der Waals surface area contributed by atoms with Crippen LogP contribution < -0.4 is 9.47 Å². The Balaban J connectivity index is 1.38. The number of carbonyl (C=O) groups excluding carboxylic acids is 2. The lowest BCUT2D eigenvalue weighted by atomic mass is 9.71. The first-order valence-electron chi connectivity index (χ1n) is 14.4. The molecule has 3 aliphatic rings. The van der Waals surface area contributed by atoms with Crippen LogP contribution in [-0.4, -0.2) is 30.1 Å². The summed E-state index contributed by atoms with van der Waals surface area (Å²) in [6.07, 6.45) is 5.10. The lowest BCUT2D eigenvalue weighted by Gasteiger charge is -2.44. The van der Waals surface area contributed by atoms with Gasteiger partial charge in [-0.3, -0.25) is 9.59 Å². The standard InChI is InChI=1S/C35H34FNO4/c1-40-32-21-25(16-17-31(32)41-22-24-10-5-11-26(36)20-24)33-34-27(12-6-14-29(34)38)37(19-18-23-8-3-2-4-9-23)28-13-7-15-30(39)35(28)33/h2-5,8-11,16-17,20-21,33H,6-7,12-15,18-19,22H2,1H3. The molecule has 0 saturated carbocycles. The van der Waals surface area contributed by atoms with Gasteiger partial charge in [0.1, 0.15) is 12.4 Å². The summed E-state index contributed by atoms with van der Waals surface area (Å²) in [5, 5.41) is 0. The van der Waals surface area contributed by atoms with Crippen molar-refractivity contribution in [2.75, 3.05) is 13.7 Å². The van der Waals surface area contributed by atoms with Gasteiger partial charge in [-0.1, -0.05) is 48.5 Å². The van der Waals surface area contributed by atoms with Crippen molar-refractivity contribution in [1.29, 1.82) is 0 Å². The zero-order chi connectivity index (χ0) is 28.3. The van der Waals surface area contributed by atoms with Crippen molar-refractivity contribution >= 4 is 11.6 Å². The van der Waals surface area contributed by atoms with Gasteiger partial charge in [-0.15, -0.1) is 0 Å². The summed E-state index contributed by atoms with van der Waals surface area (Å²) in [6, 6.07) is 22.3. The van der Waals surface area contributed by atoms with Crippen LogP contribution in [0.5, 0.6) is 11.5 Å². The van der Waals surface area contributed by atoms with Crippen molar-refractivity contribution in [3.05, 3.63) is 118 Å². The molecule has 3 aromatic rings. The minimum absolute atomic E-state index is 0.122. The largest absolute Gasteiger partial charge is 0.493 e. The van der Waals surface area contributed by atoms with Gasteiger partial charge in [0.2, 0.25) is 0 Å². The fraction of sp³-hybridized carbons (Fsp3) is 0.314. The van der Waals surface area contributed by atoms with E-state index in [0.29, 0.717) is 29.9 Å². The van der Waals surface area contributed by atoms with E-state index < -0.39 is 5.92 Å². The van der Waals surface area contributed by atoms with Crippen molar-refractivity contribution in [1.82, 2.24) is 4.90 Å². The molecule has 0 amide bonds. The maximum absolute atomic E-state index is 13.6. The molecule has 0 N–H and O–H groups in total. The van der Waals surface area contributed by atoms with Gasteiger partial charge in [0, 0.05) is 47.8 Å². The van der Waals surface area contributed by atoms with Crippen molar-refractivity contribution in [3.63, 3.8) is 0 Å². The molecule has 210 valence electrons.